The third-order valence-corrected chi connectivity index (χ3v) is 4.59. The van der Waals surface area contributed by atoms with Gasteiger partial charge in [0.05, 0.1) is 15.2 Å². The van der Waals surface area contributed by atoms with E-state index in [-0.39, 0.29) is 11.3 Å². The van der Waals surface area contributed by atoms with E-state index >= 15 is 0 Å². The van der Waals surface area contributed by atoms with E-state index in [1.54, 1.807) is 0 Å². The number of hydrogen-bond donors (Lipinski definition) is 2. The van der Waals surface area contributed by atoms with Gasteiger partial charge in [0.15, 0.2) is 0 Å². The summed E-state index contributed by atoms with van der Waals surface area (Å²) in [5, 5.41) is 19.7. The zero-order valence-corrected chi connectivity index (χ0v) is 11.9. The lowest BCUT2D eigenvalue weighted by atomic mass is 10.2. The number of carboxylic acids is 1. The Morgan fingerprint density at radius 2 is 1.90 bits per heavy atom. The molecule has 0 unspecified atom stereocenters. The van der Waals surface area contributed by atoms with Crippen LogP contribution < -0.4 is 4.72 Å². The average Bonchev–Trinajstić information content (AvgIpc) is 2.26. The minimum Gasteiger partial charge on any atom is -0.478 e. The van der Waals surface area contributed by atoms with Crippen molar-refractivity contribution in [3.8, 4) is 0 Å². The summed E-state index contributed by atoms with van der Waals surface area (Å²) in [6, 6.07) is 2.96. The number of nitro benzene ring substituents is 1. The number of carbonyl (C=O) groups is 1. The minimum absolute atomic E-state index is 0.269. The highest BCUT2D eigenvalue weighted by atomic mass is 32.2. The lowest BCUT2D eigenvalue weighted by Crippen LogP contribution is -2.33. The number of nitrogens with one attached hydrogen (secondary N) is 1. The number of carboxylic acid groups (broad SMARTS) is 1. The topological polar surface area (TPSA) is 127 Å². The van der Waals surface area contributed by atoms with E-state index < -0.39 is 31.4 Å². The number of hydrogen-bond acceptors (Lipinski definition) is 5. The van der Waals surface area contributed by atoms with Gasteiger partial charge in [0.2, 0.25) is 10.0 Å². The van der Waals surface area contributed by atoms with Crippen LogP contribution in [0.2, 0.25) is 0 Å². The first-order chi connectivity index (χ1) is 8.95. The van der Waals surface area contributed by atoms with Crippen LogP contribution in [0.15, 0.2) is 18.2 Å². The first-order valence-electron chi connectivity index (χ1n) is 5.50. The third-order valence-electron chi connectivity index (χ3n) is 2.49. The summed E-state index contributed by atoms with van der Waals surface area (Å²) >= 11 is 0. The summed E-state index contributed by atoms with van der Waals surface area (Å²) in [6.45, 7) is 4.31. The van der Waals surface area contributed by atoms with Gasteiger partial charge in [0.25, 0.3) is 5.69 Å². The quantitative estimate of drug-likeness (QED) is 0.645. The van der Waals surface area contributed by atoms with Crippen LogP contribution in [0.3, 0.4) is 0 Å². The van der Waals surface area contributed by atoms with Gasteiger partial charge in [-0.1, -0.05) is 0 Å². The predicted molar refractivity (Wildman–Crippen MR) is 72.4 cm³/mol. The zero-order valence-electron chi connectivity index (χ0n) is 11.1. The van der Waals surface area contributed by atoms with Crippen molar-refractivity contribution in [2.45, 2.75) is 25.5 Å². The van der Waals surface area contributed by atoms with Crippen molar-refractivity contribution in [2.75, 3.05) is 4.72 Å². The van der Waals surface area contributed by atoms with E-state index in [9.17, 15) is 23.3 Å². The van der Waals surface area contributed by atoms with Gasteiger partial charge in [0.1, 0.15) is 5.69 Å². The van der Waals surface area contributed by atoms with Crippen molar-refractivity contribution >= 4 is 27.4 Å². The van der Waals surface area contributed by atoms with Crippen LogP contribution in [0, 0.1) is 10.1 Å². The Hall–Kier alpha value is -2.16. The molecule has 9 heteroatoms. The summed E-state index contributed by atoms with van der Waals surface area (Å²) in [5.74, 6) is -1.33. The number of nitro groups is 1. The number of rotatable bonds is 4. The summed E-state index contributed by atoms with van der Waals surface area (Å²) in [5.41, 5.74) is -1.18. The molecule has 0 amide bonds. The Kier molecular flexibility index (Phi) is 4.04. The van der Waals surface area contributed by atoms with E-state index in [1.165, 1.54) is 20.8 Å². The van der Waals surface area contributed by atoms with Gasteiger partial charge in [-0.15, -0.1) is 0 Å². The van der Waals surface area contributed by atoms with E-state index in [1.807, 2.05) is 0 Å². The molecule has 0 fully saturated rings. The van der Waals surface area contributed by atoms with Crippen molar-refractivity contribution < 1.29 is 23.2 Å². The van der Waals surface area contributed by atoms with Crippen LogP contribution in [0.5, 0.6) is 0 Å². The normalized spacial score (nSPS) is 11.9. The Balaban J connectivity index is 3.34. The Morgan fingerprint density at radius 1 is 1.35 bits per heavy atom. The fraction of sp³-hybridized carbons (Fsp3) is 0.364. The summed E-state index contributed by atoms with van der Waals surface area (Å²) in [7, 11) is -3.84. The molecule has 110 valence electrons. The molecular weight excluding hydrogens is 288 g/mol. The van der Waals surface area contributed by atoms with Crippen LogP contribution in [-0.4, -0.2) is 29.2 Å². The number of aromatic carboxylic acids is 1. The standard InChI is InChI=1S/C11H14N2O6S/c1-11(2,3)20(18,19)12-8-5-4-7(10(14)15)6-9(8)13(16)17/h4-6,12H,1-3H3,(H,14,15). The highest BCUT2D eigenvalue weighted by Crippen LogP contribution is 2.29. The molecule has 8 nitrogen and oxygen atoms in total. The fourth-order valence-corrected chi connectivity index (χ4v) is 1.97. The maximum Gasteiger partial charge on any atom is 0.335 e. The first kappa shape index (κ1) is 15.9. The smallest absolute Gasteiger partial charge is 0.335 e. The molecule has 1 aromatic rings. The molecule has 0 heterocycles. The largest absolute Gasteiger partial charge is 0.478 e. The van der Waals surface area contributed by atoms with Crippen molar-refractivity contribution in [3.05, 3.63) is 33.9 Å². The average molecular weight is 302 g/mol. The summed E-state index contributed by atoms with van der Waals surface area (Å²) in [6.07, 6.45) is 0. The molecule has 0 saturated heterocycles. The minimum atomic E-state index is -3.84. The third kappa shape index (κ3) is 3.23. The summed E-state index contributed by atoms with van der Waals surface area (Å²) in [4.78, 5) is 20.8. The van der Waals surface area contributed by atoms with Crippen LogP contribution in [0.1, 0.15) is 31.1 Å². The van der Waals surface area contributed by atoms with Crippen molar-refractivity contribution in [1.82, 2.24) is 0 Å². The predicted octanol–water partition coefficient (Wildman–Crippen LogP) is 1.83. The number of sulfonamides is 1. The van der Waals surface area contributed by atoms with Gasteiger partial charge in [-0.05, 0) is 32.9 Å². The molecule has 0 aliphatic heterocycles. The molecule has 0 aromatic heterocycles. The van der Waals surface area contributed by atoms with E-state index in [2.05, 4.69) is 4.72 Å². The maximum absolute atomic E-state index is 12.0. The van der Waals surface area contributed by atoms with Gasteiger partial charge in [0, 0.05) is 6.07 Å². The fourth-order valence-electron chi connectivity index (χ4n) is 1.20. The highest BCUT2D eigenvalue weighted by molar-refractivity contribution is 7.94. The lowest BCUT2D eigenvalue weighted by Gasteiger charge is -2.20. The van der Waals surface area contributed by atoms with E-state index in [0.717, 1.165) is 18.2 Å². The molecule has 0 atom stereocenters. The molecule has 0 bridgehead atoms. The van der Waals surface area contributed by atoms with E-state index in [4.69, 9.17) is 5.11 Å². The molecule has 1 rings (SSSR count). The van der Waals surface area contributed by atoms with Gasteiger partial charge in [-0.2, -0.15) is 0 Å². The maximum atomic E-state index is 12.0. The van der Waals surface area contributed by atoms with Crippen molar-refractivity contribution in [2.24, 2.45) is 0 Å². The SMILES string of the molecule is CC(C)(C)S(=O)(=O)Nc1ccc(C(=O)O)cc1[N+](=O)[O-]. The van der Waals surface area contributed by atoms with Gasteiger partial charge >= 0.3 is 5.97 Å². The molecule has 1 aromatic carbocycles. The number of benzene rings is 1. The first-order valence-corrected chi connectivity index (χ1v) is 6.98. The van der Waals surface area contributed by atoms with Crippen LogP contribution in [-0.2, 0) is 10.0 Å². The molecule has 20 heavy (non-hydrogen) atoms. The number of anilines is 1. The molecule has 0 saturated carbocycles. The highest BCUT2D eigenvalue weighted by Gasteiger charge is 2.31. The molecule has 0 spiro atoms. The molecule has 2 N–H and O–H groups in total. The Morgan fingerprint density at radius 3 is 2.30 bits per heavy atom. The Bertz CT molecular complexity index is 660. The monoisotopic (exact) mass is 302 g/mol. The van der Waals surface area contributed by atoms with Crippen LogP contribution in [0.25, 0.3) is 0 Å². The van der Waals surface area contributed by atoms with Gasteiger partial charge in [-0.25, -0.2) is 13.2 Å². The van der Waals surface area contributed by atoms with Crippen molar-refractivity contribution in [3.63, 3.8) is 0 Å². The molecule has 0 aliphatic carbocycles. The second-order valence-electron chi connectivity index (χ2n) is 5.01. The van der Waals surface area contributed by atoms with E-state index in [0.29, 0.717) is 0 Å². The van der Waals surface area contributed by atoms with Crippen LogP contribution in [0.4, 0.5) is 11.4 Å². The van der Waals surface area contributed by atoms with Gasteiger partial charge in [-0.3, -0.25) is 14.8 Å². The van der Waals surface area contributed by atoms with Gasteiger partial charge < -0.3 is 5.11 Å². The zero-order chi connectivity index (χ0) is 15.7. The van der Waals surface area contributed by atoms with Crippen LogP contribution >= 0.6 is 0 Å². The second kappa shape index (κ2) is 5.08. The summed E-state index contributed by atoms with van der Waals surface area (Å²) < 4.78 is 24.9. The molecule has 0 radical (unpaired) electrons. The second-order valence-corrected chi connectivity index (χ2v) is 7.45. The Labute approximate surface area is 115 Å². The number of nitrogens with zero attached hydrogens (tertiary/aromatic N) is 1. The van der Waals surface area contributed by atoms with Crippen molar-refractivity contribution in [1.29, 1.82) is 0 Å². The molecular formula is C11H14N2O6S. The lowest BCUT2D eigenvalue weighted by molar-refractivity contribution is -0.383. The molecule has 0 aliphatic rings.